The van der Waals surface area contributed by atoms with Crippen LogP contribution in [0.3, 0.4) is 0 Å². The first kappa shape index (κ1) is 27.2. The molecule has 11 heteroatoms. The number of aliphatic hydroxyl groups is 1. The van der Waals surface area contributed by atoms with Crippen LogP contribution in [0.2, 0.25) is 0 Å². The van der Waals surface area contributed by atoms with Crippen molar-refractivity contribution in [2.45, 2.75) is 29.0 Å². The Morgan fingerprint density at radius 2 is 1.80 bits per heavy atom. The van der Waals surface area contributed by atoms with Gasteiger partial charge < -0.3 is 25.4 Å². The number of hydrogen-bond acceptors (Lipinski definition) is 10. The lowest BCUT2D eigenvalue weighted by atomic mass is 10.1. The zero-order chi connectivity index (χ0) is 28.1. The Kier molecular flexibility index (Phi) is 8.32. The summed E-state index contributed by atoms with van der Waals surface area (Å²) in [5, 5.41) is 13.0. The normalized spacial score (nSPS) is 13.6. The number of anilines is 4. The summed E-state index contributed by atoms with van der Waals surface area (Å²) in [6, 6.07) is 22.6. The van der Waals surface area contributed by atoms with Crippen LogP contribution in [0.1, 0.15) is 23.2 Å². The van der Waals surface area contributed by atoms with E-state index >= 15 is 0 Å². The minimum Gasteiger partial charge on any atom is -0.455 e. The maximum Gasteiger partial charge on any atom is 0.258 e. The van der Waals surface area contributed by atoms with Crippen molar-refractivity contribution >= 4 is 40.9 Å². The van der Waals surface area contributed by atoms with E-state index in [0.29, 0.717) is 35.1 Å². The van der Waals surface area contributed by atoms with Gasteiger partial charge >= 0.3 is 0 Å². The number of benzene rings is 3. The molecule has 1 aliphatic rings. The van der Waals surface area contributed by atoms with Gasteiger partial charge in [-0.2, -0.15) is 15.0 Å². The number of amides is 1. The Labute approximate surface area is 237 Å². The zero-order valence-electron chi connectivity index (χ0n) is 22.3. The quantitative estimate of drug-likeness (QED) is 0.281. The van der Waals surface area contributed by atoms with Crippen LogP contribution in [0.4, 0.5) is 23.3 Å². The van der Waals surface area contributed by atoms with Gasteiger partial charge in [0.15, 0.2) is 10.9 Å². The van der Waals surface area contributed by atoms with E-state index in [2.05, 4.69) is 25.2 Å². The largest absolute Gasteiger partial charge is 0.455 e. The Balaban J connectivity index is 1.41. The number of aromatic nitrogens is 3. The van der Waals surface area contributed by atoms with E-state index in [9.17, 15) is 9.90 Å². The maximum atomic E-state index is 12.6. The van der Waals surface area contributed by atoms with E-state index in [0.717, 1.165) is 29.4 Å². The predicted molar refractivity (Wildman–Crippen MR) is 157 cm³/mol. The highest BCUT2D eigenvalue weighted by Gasteiger charge is 2.21. The maximum absolute atomic E-state index is 12.6. The molecule has 5 rings (SSSR count). The van der Waals surface area contributed by atoms with E-state index in [4.69, 9.17) is 10.5 Å². The summed E-state index contributed by atoms with van der Waals surface area (Å²) in [5.74, 6) is 1.12. The van der Waals surface area contributed by atoms with Gasteiger partial charge in [-0.3, -0.25) is 10.1 Å². The number of nitrogens with one attached hydrogen (secondary N) is 1. The van der Waals surface area contributed by atoms with Gasteiger partial charge in [0, 0.05) is 49.4 Å². The third-order valence-electron chi connectivity index (χ3n) is 6.40. The lowest BCUT2D eigenvalue weighted by Gasteiger charge is -2.32. The summed E-state index contributed by atoms with van der Waals surface area (Å²) in [6.45, 7) is 1.46. The highest BCUT2D eigenvalue weighted by Crippen LogP contribution is 2.39. The number of aliphatic hydroxyl groups excluding tert-OH is 1. The predicted octanol–water partition coefficient (Wildman–Crippen LogP) is 4.68. The summed E-state index contributed by atoms with van der Waals surface area (Å²) in [6.07, 6.45) is 1.12. The molecule has 2 heterocycles. The van der Waals surface area contributed by atoms with Gasteiger partial charge in [0.25, 0.3) is 5.91 Å². The first-order valence-electron chi connectivity index (χ1n) is 12.9. The van der Waals surface area contributed by atoms with Gasteiger partial charge in [0.1, 0.15) is 5.75 Å². The number of carbonyl (C=O) groups excluding carboxylic acids is 1. The van der Waals surface area contributed by atoms with Crippen molar-refractivity contribution in [3.63, 3.8) is 0 Å². The number of rotatable bonds is 8. The molecule has 1 amide bonds. The lowest BCUT2D eigenvalue weighted by molar-refractivity contribution is 0.102. The number of nitrogens with zero attached hydrogens (tertiary/aromatic N) is 5. The fourth-order valence-electron chi connectivity index (χ4n) is 4.30. The molecule has 0 unspecified atom stereocenters. The van der Waals surface area contributed by atoms with Crippen molar-refractivity contribution in [2.24, 2.45) is 0 Å². The van der Waals surface area contributed by atoms with Crippen LogP contribution >= 0.6 is 11.8 Å². The second kappa shape index (κ2) is 12.2. The highest BCUT2D eigenvalue weighted by molar-refractivity contribution is 7.99. The Morgan fingerprint density at radius 3 is 2.55 bits per heavy atom. The second-order valence-electron chi connectivity index (χ2n) is 9.56. The molecule has 0 bridgehead atoms. The molecule has 1 saturated heterocycles. The highest BCUT2D eigenvalue weighted by atomic mass is 32.2. The van der Waals surface area contributed by atoms with Gasteiger partial charge in [-0.25, -0.2) is 0 Å². The third kappa shape index (κ3) is 6.80. The van der Waals surface area contributed by atoms with Crippen molar-refractivity contribution in [2.75, 3.05) is 48.0 Å². The summed E-state index contributed by atoms with van der Waals surface area (Å²) < 4.78 is 6.43. The average molecular weight is 558 g/mol. The first-order valence-corrected chi connectivity index (χ1v) is 13.7. The van der Waals surface area contributed by atoms with E-state index in [-0.39, 0.29) is 23.9 Å². The van der Waals surface area contributed by atoms with Gasteiger partial charge in [-0.1, -0.05) is 24.3 Å². The van der Waals surface area contributed by atoms with Crippen LogP contribution in [0, 0.1) is 0 Å². The van der Waals surface area contributed by atoms with Crippen molar-refractivity contribution in [1.29, 1.82) is 0 Å². The fourth-order valence-corrected chi connectivity index (χ4v) is 5.09. The molecule has 206 valence electrons. The number of nitrogen functional groups attached to an aromatic ring is 1. The zero-order valence-corrected chi connectivity index (χ0v) is 23.1. The van der Waals surface area contributed by atoms with Gasteiger partial charge in [0.2, 0.25) is 11.9 Å². The SMILES string of the molecule is CN(C)c1cccc(Oc2cc(Sc3nc(N)nc(NC(=O)c4ccccc4)n3)ccc2N2CCC(O)CC2)c1. The van der Waals surface area contributed by atoms with E-state index in [1.54, 1.807) is 24.3 Å². The van der Waals surface area contributed by atoms with Gasteiger partial charge in [-0.05, 0) is 67.1 Å². The van der Waals surface area contributed by atoms with Crippen molar-refractivity contribution in [1.82, 2.24) is 15.0 Å². The van der Waals surface area contributed by atoms with Crippen molar-refractivity contribution in [3.05, 3.63) is 78.4 Å². The minimum absolute atomic E-state index is 0.00123. The number of ether oxygens (including phenoxy) is 1. The molecule has 1 aromatic heterocycles. The molecular formula is C29H31N7O3S. The smallest absolute Gasteiger partial charge is 0.258 e. The average Bonchev–Trinajstić information content (AvgIpc) is 2.94. The Hall–Kier alpha value is -4.35. The van der Waals surface area contributed by atoms with E-state index < -0.39 is 0 Å². The number of hydrogen-bond donors (Lipinski definition) is 3. The van der Waals surface area contributed by atoms with Crippen LogP contribution in [-0.4, -0.2) is 59.3 Å². The molecule has 10 nitrogen and oxygen atoms in total. The van der Waals surface area contributed by atoms with Crippen LogP contribution in [-0.2, 0) is 0 Å². The molecule has 0 atom stereocenters. The molecule has 1 aliphatic heterocycles. The van der Waals surface area contributed by atoms with E-state index in [1.165, 1.54) is 11.8 Å². The number of piperidine rings is 1. The molecule has 0 spiro atoms. The minimum atomic E-state index is -0.339. The number of nitrogens with two attached hydrogens (primary N) is 1. The topological polar surface area (TPSA) is 130 Å². The van der Waals surface area contributed by atoms with E-state index in [1.807, 2.05) is 67.5 Å². The molecule has 0 saturated carbocycles. The van der Waals surface area contributed by atoms with Gasteiger partial charge in [-0.15, -0.1) is 0 Å². The van der Waals surface area contributed by atoms with Crippen molar-refractivity contribution < 1.29 is 14.6 Å². The molecule has 1 fully saturated rings. The van der Waals surface area contributed by atoms with Gasteiger partial charge in [0.05, 0.1) is 11.8 Å². The molecule has 4 aromatic rings. The third-order valence-corrected chi connectivity index (χ3v) is 7.26. The van der Waals surface area contributed by atoms with Crippen LogP contribution < -0.4 is 25.6 Å². The number of carbonyl (C=O) groups is 1. The molecular weight excluding hydrogens is 526 g/mol. The fraction of sp³-hybridized carbons (Fsp3) is 0.241. The molecule has 0 radical (unpaired) electrons. The first-order chi connectivity index (χ1) is 19.3. The van der Waals surface area contributed by atoms with Crippen LogP contribution in [0.25, 0.3) is 0 Å². The van der Waals surface area contributed by atoms with Crippen molar-refractivity contribution in [3.8, 4) is 11.5 Å². The monoisotopic (exact) mass is 557 g/mol. The summed E-state index contributed by atoms with van der Waals surface area (Å²) in [5.41, 5.74) is 8.40. The van der Waals surface area contributed by atoms with Crippen LogP contribution in [0.5, 0.6) is 11.5 Å². The Bertz CT molecular complexity index is 1480. The lowest BCUT2D eigenvalue weighted by Crippen LogP contribution is -2.35. The summed E-state index contributed by atoms with van der Waals surface area (Å²) >= 11 is 1.29. The summed E-state index contributed by atoms with van der Waals surface area (Å²) in [7, 11) is 3.97. The van der Waals surface area contributed by atoms with Crippen LogP contribution in [0.15, 0.2) is 82.8 Å². The molecule has 3 aromatic carbocycles. The molecule has 4 N–H and O–H groups in total. The Morgan fingerprint density at radius 1 is 1.02 bits per heavy atom. The summed E-state index contributed by atoms with van der Waals surface area (Å²) in [4.78, 5) is 30.4. The molecule has 0 aliphatic carbocycles. The standard InChI is InChI=1S/C29H31N7O3S/c1-35(2)20-9-6-10-22(17-20)39-25-18-23(11-12-24(25)36-15-13-21(37)14-16-36)40-29-33-27(30)32-28(34-29)31-26(38)19-7-4-3-5-8-19/h3-12,17-18,21,37H,13-16H2,1-2H3,(H3,30,31,32,33,34,38). The molecule has 40 heavy (non-hydrogen) atoms. The second-order valence-corrected chi connectivity index (χ2v) is 10.6.